The van der Waals surface area contributed by atoms with E-state index in [1.54, 1.807) is 36.4 Å². The molecule has 0 fully saturated rings. The van der Waals surface area contributed by atoms with Crippen LogP contribution in [0.5, 0.6) is 0 Å². The number of amides is 1. The lowest BCUT2D eigenvalue weighted by molar-refractivity contribution is -0.113. The number of halogens is 3. The molecule has 6 nitrogen and oxygen atoms in total. The van der Waals surface area contributed by atoms with Crippen molar-refractivity contribution < 1.29 is 13.6 Å². The first-order chi connectivity index (χ1) is 17.0. The lowest BCUT2D eigenvalue weighted by Gasteiger charge is -2.17. The molecule has 0 N–H and O–H groups in total. The molecule has 1 amide bonds. The summed E-state index contributed by atoms with van der Waals surface area (Å²) < 4.78 is 20.4. The molecule has 0 saturated heterocycles. The van der Waals surface area contributed by atoms with Gasteiger partial charge >= 0.3 is 0 Å². The molecule has 0 spiro atoms. The van der Waals surface area contributed by atoms with Crippen molar-refractivity contribution >= 4 is 57.8 Å². The van der Waals surface area contributed by atoms with E-state index in [2.05, 4.69) is 15.2 Å². The summed E-state index contributed by atoms with van der Waals surface area (Å²) in [4.78, 5) is 19.0. The van der Waals surface area contributed by atoms with Gasteiger partial charge in [-0.25, -0.2) is 9.38 Å². The highest BCUT2D eigenvalue weighted by molar-refractivity contribution is 8.13. The van der Waals surface area contributed by atoms with Crippen LogP contribution in [0.25, 0.3) is 17.5 Å². The number of carbonyl (C=O) groups excluding carboxylic acids is 1. The predicted octanol–water partition coefficient (Wildman–Crippen LogP) is 6.86. The number of hydrogen-bond donors (Lipinski definition) is 0. The molecule has 0 unspecified atom stereocenters. The molecular weight excluding hydrogens is 510 g/mol. The zero-order chi connectivity index (χ0) is 24.4. The van der Waals surface area contributed by atoms with Gasteiger partial charge in [0.15, 0.2) is 5.17 Å². The molecule has 4 aromatic rings. The summed E-state index contributed by atoms with van der Waals surface area (Å²) in [6.45, 7) is 0. The third kappa shape index (κ3) is 5.00. The van der Waals surface area contributed by atoms with Crippen molar-refractivity contribution in [1.82, 2.24) is 10.2 Å². The number of thioether (sulfide) groups is 1. The number of aliphatic imine (C=N–C) groups is 1. The number of benzene rings is 3. The maximum atomic E-state index is 14.6. The Labute approximate surface area is 214 Å². The molecule has 1 aromatic heterocycles. The van der Waals surface area contributed by atoms with Gasteiger partial charge in [-0.15, -0.1) is 10.2 Å². The van der Waals surface area contributed by atoms with Gasteiger partial charge in [-0.3, -0.25) is 9.69 Å². The Morgan fingerprint density at radius 3 is 2.51 bits per heavy atom. The van der Waals surface area contributed by atoms with Crippen LogP contribution in [0.3, 0.4) is 0 Å². The number of hydrogen-bond acceptors (Lipinski definition) is 6. The minimum atomic E-state index is -0.547. The Hall–Kier alpha value is -3.46. The first kappa shape index (κ1) is 23.3. The number of aromatic nitrogens is 2. The molecule has 0 aliphatic carbocycles. The number of para-hydroxylation sites is 1. The maximum absolute atomic E-state index is 14.6. The Kier molecular flexibility index (Phi) is 6.68. The number of amidine groups is 1. The quantitative estimate of drug-likeness (QED) is 0.266. The molecule has 3 aromatic carbocycles. The predicted molar refractivity (Wildman–Crippen MR) is 137 cm³/mol. The van der Waals surface area contributed by atoms with Gasteiger partial charge in [-0.1, -0.05) is 71.4 Å². The Bertz CT molecular complexity index is 1470. The topological polar surface area (TPSA) is 71.6 Å². The van der Waals surface area contributed by atoms with E-state index < -0.39 is 11.7 Å². The zero-order valence-electron chi connectivity index (χ0n) is 17.9. The summed E-state index contributed by atoms with van der Waals surface area (Å²) >= 11 is 13.3. The molecule has 0 bridgehead atoms. The summed E-state index contributed by atoms with van der Waals surface area (Å²) in [5.74, 6) is -0.0544. The van der Waals surface area contributed by atoms with Crippen molar-refractivity contribution in [2.45, 2.75) is 5.75 Å². The second kappa shape index (κ2) is 10.0. The standard InChI is InChI=1S/C25H15Cl2FN4O2S/c26-17-11-10-15(12-18(17)27)13-20-24(33)32(21-9-5-4-8-19(21)28)25(29-20)35-14-22-30-31-23(34-22)16-6-2-1-3-7-16/h1-13H,14H2. The first-order valence-corrected chi connectivity index (χ1v) is 12.1. The van der Waals surface area contributed by atoms with E-state index in [0.29, 0.717) is 27.4 Å². The van der Waals surface area contributed by atoms with Crippen molar-refractivity contribution in [1.29, 1.82) is 0 Å². The van der Waals surface area contributed by atoms with Gasteiger partial charge in [0, 0.05) is 5.56 Å². The van der Waals surface area contributed by atoms with Gasteiger partial charge in [0.1, 0.15) is 11.5 Å². The van der Waals surface area contributed by atoms with E-state index in [1.807, 2.05) is 30.3 Å². The molecule has 0 atom stereocenters. The average Bonchev–Trinajstić information content (AvgIpc) is 3.46. The van der Waals surface area contributed by atoms with Crippen LogP contribution in [0.15, 0.2) is 87.9 Å². The number of rotatable bonds is 5. The van der Waals surface area contributed by atoms with Crippen molar-refractivity contribution in [3.8, 4) is 11.5 Å². The van der Waals surface area contributed by atoms with Crippen LogP contribution in [-0.2, 0) is 10.5 Å². The van der Waals surface area contributed by atoms with Gasteiger partial charge < -0.3 is 4.42 Å². The van der Waals surface area contributed by atoms with Crippen LogP contribution in [0.2, 0.25) is 10.0 Å². The van der Waals surface area contributed by atoms with Crippen molar-refractivity contribution in [3.63, 3.8) is 0 Å². The Morgan fingerprint density at radius 1 is 0.971 bits per heavy atom. The van der Waals surface area contributed by atoms with E-state index in [1.165, 1.54) is 28.8 Å². The minimum absolute atomic E-state index is 0.0943. The smallest absolute Gasteiger partial charge is 0.283 e. The highest BCUT2D eigenvalue weighted by Crippen LogP contribution is 2.33. The van der Waals surface area contributed by atoms with Crippen LogP contribution in [-0.4, -0.2) is 21.3 Å². The fourth-order valence-corrected chi connectivity index (χ4v) is 4.48. The second-order valence-corrected chi connectivity index (χ2v) is 9.10. The Balaban J connectivity index is 1.44. The molecule has 0 saturated carbocycles. The highest BCUT2D eigenvalue weighted by Gasteiger charge is 2.34. The third-order valence-corrected chi connectivity index (χ3v) is 6.64. The molecule has 1 aliphatic heterocycles. The molecule has 5 rings (SSSR count). The second-order valence-electron chi connectivity index (χ2n) is 7.35. The zero-order valence-corrected chi connectivity index (χ0v) is 20.2. The number of anilines is 1. The lowest BCUT2D eigenvalue weighted by atomic mass is 10.2. The molecule has 1 aliphatic rings. The van der Waals surface area contributed by atoms with Gasteiger partial charge in [-0.2, -0.15) is 0 Å². The van der Waals surface area contributed by atoms with Crippen LogP contribution < -0.4 is 4.90 Å². The average molecular weight is 525 g/mol. The molecular formula is C25H15Cl2FN4O2S. The van der Waals surface area contributed by atoms with Gasteiger partial charge in [0.05, 0.1) is 21.5 Å². The maximum Gasteiger partial charge on any atom is 0.283 e. The van der Waals surface area contributed by atoms with E-state index in [4.69, 9.17) is 27.6 Å². The summed E-state index contributed by atoms with van der Waals surface area (Å²) in [6.07, 6.45) is 1.58. The monoisotopic (exact) mass is 524 g/mol. The third-order valence-electron chi connectivity index (χ3n) is 4.98. The van der Waals surface area contributed by atoms with Crippen molar-refractivity contribution in [2.24, 2.45) is 4.99 Å². The fourth-order valence-electron chi connectivity index (χ4n) is 3.33. The molecule has 174 valence electrons. The highest BCUT2D eigenvalue weighted by atomic mass is 35.5. The first-order valence-electron chi connectivity index (χ1n) is 10.3. The van der Waals surface area contributed by atoms with Crippen LogP contribution in [0, 0.1) is 5.82 Å². The summed E-state index contributed by atoms with van der Waals surface area (Å²) in [5.41, 5.74) is 1.65. The van der Waals surface area contributed by atoms with Crippen molar-refractivity contribution in [2.75, 3.05) is 4.90 Å². The SMILES string of the molecule is O=C1C(=Cc2ccc(Cl)c(Cl)c2)N=C(SCc2nnc(-c3ccccc3)o2)N1c1ccccc1F. The van der Waals surface area contributed by atoms with Crippen LogP contribution in [0.1, 0.15) is 11.5 Å². The van der Waals surface area contributed by atoms with Crippen molar-refractivity contribution in [3.05, 3.63) is 106 Å². The summed E-state index contributed by atoms with van der Waals surface area (Å²) in [7, 11) is 0. The molecule has 10 heteroatoms. The van der Waals surface area contributed by atoms with Gasteiger partial charge in [0.2, 0.25) is 11.8 Å². The van der Waals surface area contributed by atoms with E-state index in [-0.39, 0.29) is 22.3 Å². The van der Waals surface area contributed by atoms with Crippen LogP contribution in [0.4, 0.5) is 10.1 Å². The van der Waals surface area contributed by atoms with E-state index in [0.717, 1.165) is 5.56 Å². The normalized spacial score (nSPS) is 14.6. The fraction of sp³-hybridized carbons (Fsp3) is 0.0400. The summed E-state index contributed by atoms with van der Waals surface area (Å²) in [6, 6.07) is 20.4. The van der Waals surface area contributed by atoms with E-state index in [9.17, 15) is 9.18 Å². The summed E-state index contributed by atoms with van der Waals surface area (Å²) in [5, 5.41) is 9.19. The minimum Gasteiger partial charge on any atom is -0.420 e. The Morgan fingerprint density at radius 2 is 1.74 bits per heavy atom. The van der Waals surface area contributed by atoms with Crippen LogP contribution >= 0.6 is 35.0 Å². The van der Waals surface area contributed by atoms with Gasteiger partial charge in [0.25, 0.3) is 5.91 Å². The molecule has 2 heterocycles. The molecule has 0 radical (unpaired) electrons. The van der Waals surface area contributed by atoms with Gasteiger partial charge in [-0.05, 0) is 48.0 Å². The van der Waals surface area contributed by atoms with E-state index >= 15 is 0 Å². The number of carbonyl (C=O) groups is 1. The lowest BCUT2D eigenvalue weighted by Crippen LogP contribution is -2.31. The largest absolute Gasteiger partial charge is 0.420 e. The number of nitrogens with zero attached hydrogens (tertiary/aromatic N) is 4. The molecule has 35 heavy (non-hydrogen) atoms.